The zero-order valence-corrected chi connectivity index (χ0v) is 11.2. The number of nitrogens with zero attached hydrogens (tertiary/aromatic N) is 1. The number of carboxylic acids is 1. The van der Waals surface area contributed by atoms with Gasteiger partial charge in [0.25, 0.3) is 11.6 Å². The zero-order chi connectivity index (χ0) is 15.3. The van der Waals surface area contributed by atoms with E-state index in [-0.39, 0.29) is 17.2 Å². The Kier molecular flexibility index (Phi) is 5.19. The van der Waals surface area contributed by atoms with Crippen molar-refractivity contribution >= 4 is 17.6 Å². The number of aliphatic carboxylic acids is 1. The number of hydrogen-bond donors (Lipinski definition) is 2. The highest BCUT2D eigenvalue weighted by atomic mass is 16.6. The first-order chi connectivity index (χ1) is 9.31. The van der Waals surface area contributed by atoms with Crippen LogP contribution in [0.2, 0.25) is 0 Å². The Morgan fingerprint density at radius 3 is 2.25 bits per heavy atom. The zero-order valence-electron chi connectivity index (χ0n) is 11.2. The van der Waals surface area contributed by atoms with Crippen LogP contribution in [0.3, 0.4) is 0 Å². The normalized spacial score (nSPS) is 11.9. The molecule has 108 valence electrons. The maximum Gasteiger partial charge on any atom is 0.326 e. The first-order valence-corrected chi connectivity index (χ1v) is 6.09. The molecule has 1 aromatic carbocycles. The number of nitro benzene ring substituents is 1. The fourth-order valence-electron chi connectivity index (χ4n) is 1.67. The standard InChI is InChI=1S/C13H16N2O5/c1-8(2)7-11(13(17)18)14-12(16)9-3-5-10(6-4-9)15(19)20/h3-6,8,11H,7H2,1-2H3,(H,14,16)(H,17,18)/t11-/m0/s1. The van der Waals surface area contributed by atoms with Gasteiger partial charge in [0.2, 0.25) is 0 Å². The van der Waals surface area contributed by atoms with Gasteiger partial charge in [-0.3, -0.25) is 14.9 Å². The monoisotopic (exact) mass is 280 g/mol. The maximum atomic E-state index is 11.9. The van der Waals surface area contributed by atoms with E-state index in [4.69, 9.17) is 5.11 Å². The molecule has 0 aromatic heterocycles. The number of nitro groups is 1. The van der Waals surface area contributed by atoms with Gasteiger partial charge >= 0.3 is 5.97 Å². The van der Waals surface area contributed by atoms with Gasteiger partial charge in [0.05, 0.1) is 4.92 Å². The van der Waals surface area contributed by atoms with Gasteiger partial charge in [0.15, 0.2) is 0 Å². The van der Waals surface area contributed by atoms with Crippen molar-refractivity contribution in [3.05, 3.63) is 39.9 Å². The summed E-state index contributed by atoms with van der Waals surface area (Å²) >= 11 is 0. The summed E-state index contributed by atoms with van der Waals surface area (Å²) < 4.78 is 0. The molecule has 1 aromatic rings. The third-order valence-electron chi connectivity index (χ3n) is 2.65. The highest BCUT2D eigenvalue weighted by molar-refractivity contribution is 5.96. The van der Waals surface area contributed by atoms with E-state index in [0.717, 1.165) is 0 Å². The number of amides is 1. The van der Waals surface area contributed by atoms with Crippen molar-refractivity contribution in [2.45, 2.75) is 26.3 Å². The number of carbonyl (C=O) groups excluding carboxylic acids is 1. The summed E-state index contributed by atoms with van der Waals surface area (Å²) in [5, 5.41) is 21.9. The number of nitrogens with one attached hydrogen (secondary N) is 1. The van der Waals surface area contributed by atoms with E-state index in [1.54, 1.807) is 0 Å². The number of non-ortho nitro benzene ring substituents is 1. The van der Waals surface area contributed by atoms with E-state index >= 15 is 0 Å². The van der Waals surface area contributed by atoms with Crippen molar-refractivity contribution in [3.63, 3.8) is 0 Å². The van der Waals surface area contributed by atoms with Crippen molar-refractivity contribution in [2.24, 2.45) is 5.92 Å². The van der Waals surface area contributed by atoms with Gasteiger partial charge in [-0.2, -0.15) is 0 Å². The Morgan fingerprint density at radius 1 is 1.30 bits per heavy atom. The second-order valence-corrected chi connectivity index (χ2v) is 4.80. The molecule has 1 amide bonds. The Labute approximate surface area is 115 Å². The lowest BCUT2D eigenvalue weighted by Gasteiger charge is -2.16. The van der Waals surface area contributed by atoms with Gasteiger partial charge in [-0.15, -0.1) is 0 Å². The summed E-state index contributed by atoms with van der Waals surface area (Å²) in [7, 11) is 0. The average Bonchev–Trinajstić information content (AvgIpc) is 2.37. The number of hydrogen-bond acceptors (Lipinski definition) is 4. The molecule has 0 bridgehead atoms. The van der Waals surface area contributed by atoms with Gasteiger partial charge < -0.3 is 10.4 Å². The van der Waals surface area contributed by atoms with Gasteiger partial charge in [-0.1, -0.05) is 13.8 Å². The van der Waals surface area contributed by atoms with Crippen LogP contribution in [0.25, 0.3) is 0 Å². The van der Waals surface area contributed by atoms with E-state index in [0.29, 0.717) is 6.42 Å². The molecule has 1 rings (SSSR count). The van der Waals surface area contributed by atoms with Crippen molar-refractivity contribution in [3.8, 4) is 0 Å². The van der Waals surface area contributed by atoms with Crippen LogP contribution >= 0.6 is 0 Å². The van der Waals surface area contributed by atoms with Gasteiger partial charge in [0.1, 0.15) is 6.04 Å². The molecule has 0 radical (unpaired) electrons. The van der Waals surface area contributed by atoms with Crippen LogP contribution < -0.4 is 5.32 Å². The number of rotatable bonds is 6. The Morgan fingerprint density at radius 2 is 1.85 bits per heavy atom. The highest BCUT2D eigenvalue weighted by Gasteiger charge is 2.21. The fraction of sp³-hybridized carbons (Fsp3) is 0.385. The summed E-state index contributed by atoms with van der Waals surface area (Å²) in [6.45, 7) is 3.71. The van der Waals surface area contributed by atoms with Crippen LogP contribution in [0.15, 0.2) is 24.3 Å². The molecule has 0 saturated heterocycles. The fourth-order valence-corrected chi connectivity index (χ4v) is 1.67. The van der Waals surface area contributed by atoms with Crippen molar-refractivity contribution in [1.82, 2.24) is 5.32 Å². The molecule has 0 saturated carbocycles. The molecule has 1 atom stereocenters. The minimum absolute atomic E-state index is 0.119. The predicted molar refractivity (Wildman–Crippen MR) is 71.4 cm³/mol. The van der Waals surface area contributed by atoms with Crippen molar-refractivity contribution < 1.29 is 19.6 Å². The summed E-state index contributed by atoms with van der Waals surface area (Å²) in [6.07, 6.45) is 0.314. The number of benzene rings is 1. The lowest BCUT2D eigenvalue weighted by molar-refractivity contribution is -0.384. The van der Waals surface area contributed by atoms with E-state index in [2.05, 4.69) is 5.32 Å². The molecule has 20 heavy (non-hydrogen) atoms. The molecular formula is C13H16N2O5. The summed E-state index contributed by atoms with van der Waals surface area (Å²) in [4.78, 5) is 32.8. The topological polar surface area (TPSA) is 110 Å². The first kappa shape index (κ1) is 15.6. The van der Waals surface area contributed by atoms with E-state index in [9.17, 15) is 19.7 Å². The largest absolute Gasteiger partial charge is 0.480 e. The number of carboxylic acid groups (broad SMARTS) is 1. The molecule has 7 heteroatoms. The van der Waals surface area contributed by atoms with Gasteiger partial charge in [-0.25, -0.2) is 4.79 Å². The molecular weight excluding hydrogens is 264 g/mol. The second kappa shape index (κ2) is 6.65. The van der Waals surface area contributed by atoms with E-state index in [1.807, 2.05) is 13.8 Å². The van der Waals surface area contributed by atoms with Gasteiger partial charge in [-0.05, 0) is 24.5 Å². The predicted octanol–water partition coefficient (Wildman–Crippen LogP) is 1.82. The smallest absolute Gasteiger partial charge is 0.326 e. The second-order valence-electron chi connectivity index (χ2n) is 4.80. The number of carbonyl (C=O) groups is 2. The average molecular weight is 280 g/mol. The molecule has 2 N–H and O–H groups in total. The van der Waals surface area contributed by atoms with Crippen LogP contribution in [-0.2, 0) is 4.79 Å². The minimum Gasteiger partial charge on any atom is -0.480 e. The lowest BCUT2D eigenvalue weighted by Crippen LogP contribution is -2.41. The Hall–Kier alpha value is -2.44. The Balaban J connectivity index is 2.78. The van der Waals surface area contributed by atoms with Crippen LogP contribution in [-0.4, -0.2) is 27.9 Å². The molecule has 0 spiro atoms. The summed E-state index contributed by atoms with van der Waals surface area (Å²) in [5.74, 6) is -1.55. The summed E-state index contributed by atoms with van der Waals surface area (Å²) in [6, 6.07) is 4.02. The summed E-state index contributed by atoms with van der Waals surface area (Å²) in [5.41, 5.74) is 0.0594. The van der Waals surface area contributed by atoms with Crippen molar-refractivity contribution in [2.75, 3.05) is 0 Å². The molecule has 0 unspecified atom stereocenters. The van der Waals surface area contributed by atoms with Crippen LogP contribution in [0, 0.1) is 16.0 Å². The highest BCUT2D eigenvalue weighted by Crippen LogP contribution is 2.12. The maximum absolute atomic E-state index is 11.9. The lowest BCUT2D eigenvalue weighted by atomic mass is 10.0. The molecule has 7 nitrogen and oxygen atoms in total. The minimum atomic E-state index is -1.10. The first-order valence-electron chi connectivity index (χ1n) is 6.09. The van der Waals surface area contributed by atoms with Crippen LogP contribution in [0.4, 0.5) is 5.69 Å². The molecule has 0 aliphatic heterocycles. The quantitative estimate of drug-likeness (QED) is 0.610. The van der Waals surface area contributed by atoms with Crippen LogP contribution in [0.5, 0.6) is 0 Å². The van der Waals surface area contributed by atoms with Gasteiger partial charge in [0, 0.05) is 17.7 Å². The van der Waals surface area contributed by atoms with Crippen molar-refractivity contribution in [1.29, 1.82) is 0 Å². The molecule has 0 fully saturated rings. The van der Waals surface area contributed by atoms with Crippen LogP contribution in [0.1, 0.15) is 30.6 Å². The molecule has 0 aliphatic carbocycles. The Bertz CT molecular complexity index is 510. The van der Waals surface area contributed by atoms with E-state index in [1.165, 1.54) is 24.3 Å². The molecule has 0 heterocycles. The third kappa shape index (κ3) is 4.34. The third-order valence-corrected chi connectivity index (χ3v) is 2.65. The molecule has 0 aliphatic rings. The van der Waals surface area contributed by atoms with E-state index < -0.39 is 22.8 Å². The SMILES string of the molecule is CC(C)C[C@H](NC(=O)c1ccc([N+](=O)[O-])cc1)C(=O)O.